The Labute approximate surface area is 124 Å². The molecule has 0 atom stereocenters. The molecule has 4 heteroatoms. The molecular formula is C15H24BrN3. The Bertz CT molecular complexity index is 416. The summed E-state index contributed by atoms with van der Waals surface area (Å²) in [5, 5.41) is 3.51. The van der Waals surface area contributed by atoms with Crippen LogP contribution in [0.15, 0.2) is 16.7 Å². The Morgan fingerprint density at radius 1 is 1.47 bits per heavy atom. The van der Waals surface area contributed by atoms with Crippen molar-refractivity contribution in [1.29, 1.82) is 0 Å². The van der Waals surface area contributed by atoms with Crippen molar-refractivity contribution in [2.75, 3.05) is 25.0 Å². The van der Waals surface area contributed by atoms with Crippen molar-refractivity contribution >= 4 is 21.7 Å². The van der Waals surface area contributed by atoms with Crippen molar-refractivity contribution in [3.05, 3.63) is 22.3 Å². The number of aromatic nitrogens is 1. The molecule has 0 unspecified atom stereocenters. The maximum Gasteiger partial charge on any atom is 0.132 e. The summed E-state index contributed by atoms with van der Waals surface area (Å²) < 4.78 is 1.05. The molecule has 0 spiro atoms. The molecule has 2 rings (SSSR count). The number of hydrogen-bond acceptors (Lipinski definition) is 3. The SMILES string of the molecule is CC(C)CNCc1cc(Br)cnc1N(C)CC1CC1. The maximum absolute atomic E-state index is 4.60. The third-order valence-corrected chi connectivity index (χ3v) is 3.80. The van der Waals surface area contributed by atoms with E-state index in [0.717, 1.165) is 35.8 Å². The van der Waals surface area contributed by atoms with Gasteiger partial charge in [0.05, 0.1) is 0 Å². The highest BCUT2D eigenvalue weighted by Crippen LogP contribution is 2.31. The van der Waals surface area contributed by atoms with Crippen LogP contribution >= 0.6 is 15.9 Å². The van der Waals surface area contributed by atoms with Crippen molar-refractivity contribution in [3.63, 3.8) is 0 Å². The highest BCUT2D eigenvalue weighted by atomic mass is 79.9. The molecule has 1 aliphatic carbocycles. The lowest BCUT2D eigenvalue weighted by molar-refractivity contribution is 0.551. The first-order valence-corrected chi connectivity index (χ1v) is 7.92. The van der Waals surface area contributed by atoms with Gasteiger partial charge in [-0.25, -0.2) is 4.98 Å². The van der Waals surface area contributed by atoms with E-state index >= 15 is 0 Å². The van der Waals surface area contributed by atoms with E-state index in [0.29, 0.717) is 5.92 Å². The first-order chi connectivity index (χ1) is 9.06. The molecule has 1 N–H and O–H groups in total. The zero-order valence-corrected chi connectivity index (χ0v) is 13.7. The molecule has 0 saturated heterocycles. The molecule has 0 amide bonds. The van der Waals surface area contributed by atoms with Crippen LogP contribution in [0.25, 0.3) is 0 Å². The molecule has 1 aliphatic rings. The number of nitrogens with one attached hydrogen (secondary N) is 1. The first kappa shape index (κ1) is 14.8. The highest BCUT2D eigenvalue weighted by Gasteiger charge is 2.24. The minimum absolute atomic E-state index is 0.674. The van der Waals surface area contributed by atoms with Crippen LogP contribution in [0.3, 0.4) is 0 Å². The topological polar surface area (TPSA) is 28.2 Å². The summed E-state index contributed by atoms with van der Waals surface area (Å²) in [7, 11) is 2.15. The maximum atomic E-state index is 4.60. The van der Waals surface area contributed by atoms with Gasteiger partial charge in [0.2, 0.25) is 0 Å². The van der Waals surface area contributed by atoms with E-state index in [1.807, 2.05) is 6.20 Å². The number of hydrogen-bond donors (Lipinski definition) is 1. The Morgan fingerprint density at radius 2 is 2.21 bits per heavy atom. The number of rotatable bonds is 7. The van der Waals surface area contributed by atoms with E-state index in [1.54, 1.807) is 0 Å². The molecule has 0 radical (unpaired) electrons. The van der Waals surface area contributed by atoms with Gasteiger partial charge < -0.3 is 10.2 Å². The molecule has 1 saturated carbocycles. The minimum atomic E-state index is 0.674. The Morgan fingerprint density at radius 3 is 2.84 bits per heavy atom. The second kappa shape index (κ2) is 6.71. The van der Waals surface area contributed by atoms with Crippen LogP contribution in [0.2, 0.25) is 0 Å². The summed E-state index contributed by atoms with van der Waals surface area (Å²) in [4.78, 5) is 6.90. The van der Waals surface area contributed by atoms with Crippen molar-refractivity contribution in [2.24, 2.45) is 11.8 Å². The van der Waals surface area contributed by atoms with Gasteiger partial charge in [0.1, 0.15) is 5.82 Å². The number of anilines is 1. The Hall–Kier alpha value is -0.610. The van der Waals surface area contributed by atoms with Gasteiger partial charge in [0, 0.05) is 36.4 Å². The number of nitrogens with zero attached hydrogens (tertiary/aromatic N) is 2. The first-order valence-electron chi connectivity index (χ1n) is 7.12. The Kier molecular flexibility index (Phi) is 5.22. The molecule has 0 bridgehead atoms. The van der Waals surface area contributed by atoms with Crippen molar-refractivity contribution in [2.45, 2.75) is 33.2 Å². The molecular weight excluding hydrogens is 302 g/mol. The zero-order valence-electron chi connectivity index (χ0n) is 12.1. The van der Waals surface area contributed by atoms with Gasteiger partial charge in [-0.05, 0) is 53.2 Å². The quantitative estimate of drug-likeness (QED) is 0.832. The Balaban J connectivity index is 2.02. The van der Waals surface area contributed by atoms with Gasteiger partial charge in [-0.2, -0.15) is 0 Å². The summed E-state index contributed by atoms with van der Waals surface area (Å²) in [6.07, 6.45) is 4.65. The van der Waals surface area contributed by atoms with E-state index in [9.17, 15) is 0 Å². The highest BCUT2D eigenvalue weighted by molar-refractivity contribution is 9.10. The standard InChI is InChI=1S/C15H24BrN3/c1-11(2)7-17-8-13-6-14(16)9-18-15(13)19(3)10-12-4-5-12/h6,9,11-12,17H,4-5,7-8,10H2,1-3H3. The molecule has 1 aromatic rings. The fourth-order valence-electron chi connectivity index (χ4n) is 2.22. The van der Waals surface area contributed by atoms with Crippen LogP contribution in [0.1, 0.15) is 32.3 Å². The molecule has 1 fully saturated rings. The van der Waals surface area contributed by atoms with Gasteiger partial charge in [0.15, 0.2) is 0 Å². The van der Waals surface area contributed by atoms with Crippen LogP contribution in [0, 0.1) is 11.8 Å². The summed E-state index contributed by atoms with van der Waals surface area (Å²) in [5.74, 6) is 2.67. The predicted molar refractivity (Wildman–Crippen MR) is 84.5 cm³/mol. The molecule has 19 heavy (non-hydrogen) atoms. The molecule has 106 valence electrons. The molecule has 0 aliphatic heterocycles. The fraction of sp³-hybridized carbons (Fsp3) is 0.667. The van der Waals surface area contributed by atoms with E-state index in [1.165, 1.54) is 18.4 Å². The summed E-state index contributed by atoms with van der Waals surface area (Å²) in [5.41, 5.74) is 1.28. The molecule has 3 nitrogen and oxygen atoms in total. The summed E-state index contributed by atoms with van der Waals surface area (Å²) in [6.45, 7) is 7.51. The third kappa shape index (κ3) is 4.77. The third-order valence-electron chi connectivity index (χ3n) is 3.37. The monoisotopic (exact) mass is 325 g/mol. The van der Waals surface area contributed by atoms with Crippen LogP contribution in [-0.2, 0) is 6.54 Å². The molecule has 1 heterocycles. The second-order valence-electron chi connectivity index (χ2n) is 5.98. The number of halogens is 1. The second-order valence-corrected chi connectivity index (χ2v) is 6.90. The lowest BCUT2D eigenvalue weighted by Crippen LogP contribution is -2.25. The minimum Gasteiger partial charge on any atom is -0.359 e. The largest absolute Gasteiger partial charge is 0.359 e. The zero-order chi connectivity index (χ0) is 13.8. The molecule has 0 aromatic carbocycles. The van der Waals surface area contributed by atoms with Gasteiger partial charge >= 0.3 is 0 Å². The van der Waals surface area contributed by atoms with Crippen molar-refractivity contribution < 1.29 is 0 Å². The fourth-order valence-corrected chi connectivity index (χ4v) is 2.60. The van der Waals surface area contributed by atoms with Crippen molar-refractivity contribution in [3.8, 4) is 0 Å². The summed E-state index contributed by atoms with van der Waals surface area (Å²) in [6, 6.07) is 2.18. The van der Waals surface area contributed by atoms with Gasteiger partial charge in [-0.1, -0.05) is 13.8 Å². The van der Waals surface area contributed by atoms with Crippen LogP contribution in [-0.4, -0.2) is 25.1 Å². The summed E-state index contributed by atoms with van der Waals surface area (Å²) >= 11 is 3.52. The van der Waals surface area contributed by atoms with Gasteiger partial charge in [-0.15, -0.1) is 0 Å². The average Bonchev–Trinajstić information content (AvgIpc) is 3.12. The lowest BCUT2D eigenvalue weighted by atomic mass is 10.2. The lowest BCUT2D eigenvalue weighted by Gasteiger charge is -2.21. The normalized spacial score (nSPS) is 15.0. The van der Waals surface area contributed by atoms with E-state index in [-0.39, 0.29) is 0 Å². The molecule has 1 aromatic heterocycles. The van der Waals surface area contributed by atoms with Crippen LogP contribution in [0.4, 0.5) is 5.82 Å². The number of pyridine rings is 1. The van der Waals surface area contributed by atoms with Crippen molar-refractivity contribution in [1.82, 2.24) is 10.3 Å². The smallest absolute Gasteiger partial charge is 0.132 e. The van der Waals surface area contributed by atoms with Crippen LogP contribution < -0.4 is 10.2 Å². The van der Waals surface area contributed by atoms with E-state index < -0.39 is 0 Å². The van der Waals surface area contributed by atoms with Gasteiger partial charge in [0.25, 0.3) is 0 Å². The van der Waals surface area contributed by atoms with Crippen LogP contribution in [0.5, 0.6) is 0 Å². The van der Waals surface area contributed by atoms with E-state index in [4.69, 9.17) is 0 Å². The predicted octanol–water partition coefficient (Wildman–Crippen LogP) is 3.44. The van der Waals surface area contributed by atoms with Gasteiger partial charge in [-0.3, -0.25) is 0 Å². The van der Waals surface area contributed by atoms with E-state index in [2.05, 4.69) is 58.1 Å². The average molecular weight is 326 g/mol.